The molecule has 0 unspecified atom stereocenters. The zero-order chi connectivity index (χ0) is 12.8. The maximum atomic E-state index is 7.74. The Balaban J connectivity index is 3.14. The number of rotatable bonds is 5. The van der Waals surface area contributed by atoms with E-state index in [2.05, 4.69) is 19.9 Å². The summed E-state index contributed by atoms with van der Waals surface area (Å²) < 4.78 is 5.71. The van der Waals surface area contributed by atoms with Gasteiger partial charge in [0.05, 0.1) is 6.61 Å². The first-order chi connectivity index (χ1) is 8.10. The van der Waals surface area contributed by atoms with Crippen molar-refractivity contribution in [2.75, 3.05) is 6.61 Å². The van der Waals surface area contributed by atoms with Crippen LogP contribution in [0.25, 0.3) is 5.57 Å². The van der Waals surface area contributed by atoms with E-state index in [0.717, 1.165) is 23.3 Å². The summed E-state index contributed by atoms with van der Waals surface area (Å²) in [6.07, 6.45) is 3.05. The summed E-state index contributed by atoms with van der Waals surface area (Å²) in [6, 6.07) is 6.04. The molecule has 0 saturated carbocycles. The highest BCUT2D eigenvalue weighted by atomic mass is 16.5. The van der Waals surface area contributed by atoms with Crippen LogP contribution in [0.5, 0.6) is 5.75 Å². The van der Waals surface area contributed by atoms with Crippen LogP contribution in [0.15, 0.2) is 24.3 Å². The van der Waals surface area contributed by atoms with Gasteiger partial charge in [0.2, 0.25) is 0 Å². The lowest BCUT2D eigenvalue weighted by molar-refractivity contribution is 0.317. The Morgan fingerprint density at radius 1 is 1.35 bits per heavy atom. The highest BCUT2D eigenvalue weighted by Gasteiger charge is 2.07. The van der Waals surface area contributed by atoms with Crippen molar-refractivity contribution in [3.63, 3.8) is 0 Å². The van der Waals surface area contributed by atoms with Crippen LogP contribution in [0.1, 0.15) is 45.2 Å². The average molecular weight is 231 g/mol. The van der Waals surface area contributed by atoms with Crippen molar-refractivity contribution in [2.24, 2.45) is 0 Å². The molecule has 17 heavy (non-hydrogen) atoms. The van der Waals surface area contributed by atoms with E-state index in [0.29, 0.717) is 12.3 Å². The normalized spacial score (nSPS) is 11.4. The third-order valence-corrected chi connectivity index (χ3v) is 2.74. The Hall–Kier alpha value is -1.57. The molecule has 0 aliphatic heterocycles. The molecule has 2 nitrogen and oxygen atoms in total. The van der Waals surface area contributed by atoms with Crippen LogP contribution in [0.4, 0.5) is 0 Å². The van der Waals surface area contributed by atoms with Crippen LogP contribution in [0, 0.1) is 5.41 Å². The molecule has 1 rings (SSSR count). The third-order valence-electron chi connectivity index (χ3n) is 2.74. The summed E-state index contributed by atoms with van der Waals surface area (Å²) in [4.78, 5) is 0. The second-order valence-corrected chi connectivity index (χ2v) is 4.16. The molecule has 1 aromatic carbocycles. The summed E-state index contributed by atoms with van der Waals surface area (Å²) in [5.74, 6) is 0.818. The van der Waals surface area contributed by atoms with Gasteiger partial charge < -0.3 is 10.1 Å². The first-order valence-electron chi connectivity index (χ1n) is 6.05. The number of hydrogen-bond donors (Lipinski definition) is 1. The Labute approximate surface area is 104 Å². The lowest BCUT2D eigenvalue weighted by Gasteiger charge is -2.12. The molecular weight excluding hydrogens is 210 g/mol. The van der Waals surface area contributed by atoms with Crippen molar-refractivity contribution >= 4 is 11.3 Å². The number of nitrogens with one attached hydrogen (secondary N) is 1. The molecule has 0 spiro atoms. The number of hydrogen-bond acceptors (Lipinski definition) is 2. The zero-order valence-electron chi connectivity index (χ0n) is 11.1. The third kappa shape index (κ3) is 3.45. The highest BCUT2D eigenvalue weighted by molar-refractivity contribution is 5.99. The van der Waals surface area contributed by atoms with Gasteiger partial charge in [-0.15, -0.1) is 0 Å². The topological polar surface area (TPSA) is 33.1 Å². The van der Waals surface area contributed by atoms with Crippen LogP contribution < -0.4 is 4.74 Å². The Kier molecular flexibility index (Phi) is 4.95. The molecule has 92 valence electrons. The molecule has 0 heterocycles. The summed E-state index contributed by atoms with van der Waals surface area (Å²) in [5.41, 5.74) is 3.80. The van der Waals surface area contributed by atoms with Crippen LogP contribution in [0.2, 0.25) is 0 Å². The summed E-state index contributed by atoms with van der Waals surface area (Å²) in [6.45, 7) is 8.67. The van der Waals surface area contributed by atoms with Gasteiger partial charge in [0.25, 0.3) is 0 Å². The molecule has 2 heteroatoms. The molecule has 1 aromatic rings. The maximum absolute atomic E-state index is 7.74. The van der Waals surface area contributed by atoms with Gasteiger partial charge in [0, 0.05) is 11.3 Å². The van der Waals surface area contributed by atoms with Crippen molar-refractivity contribution in [3.8, 4) is 5.75 Å². The van der Waals surface area contributed by atoms with Gasteiger partial charge in [0.15, 0.2) is 0 Å². The zero-order valence-corrected chi connectivity index (χ0v) is 11.1. The van der Waals surface area contributed by atoms with E-state index in [9.17, 15) is 0 Å². The quantitative estimate of drug-likeness (QED) is 0.753. The average Bonchev–Trinajstić information content (AvgIpc) is 2.34. The van der Waals surface area contributed by atoms with Crippen molar-refractivity contribution in [2.45, 2.75) is 34.1 Å². The SMILES string of the molecule is CC=C(C)c1ccc(C(C)=N)c(OCCC)c1. The van der Waals surface area contributed by atoms with Crippen LogP contribution in [0.3, 0.4) is 0 Å². The van der Waals surface area contributed by atoms with Crippen molar-refractivity contribution in [1.29, 1.82) is 5.41 Å². The van der Waals surface area contributed by atoms with E-state index in [4.69, 9.17) is 10.1 Å². The van der Waals surface area contributed by atoms with Gasteiger partial charge in [-0.1, -0.05) is 19.1 Å². The van der Waals surface area contributed by atoms with Crippen LogP contribution in [-0.4, -0.2) is 12.3 Å². The maximum Gasteiger partial charge on any atom is 0.128 e. The molecule has 0 aliphatic rings. The van der Waals surface area contributed by atoms with E-state index in [1.54, 1.807) is 6.92 Å². The lowest BCUT2D eigenvalue weighted by atomic mass is 10.0. The Morgan fingerprint density at radius 2 is 2.06 bits per heavy atom. The fraction of sp³-hybridized carbons (Fsp3) is 0.400. The Morgan fingerprint density at radius 3 is 2.59 bits per heavy atom. The minimum Gasteiger partial charge on any atom is -0.493 e. The van der Waals surface area contributed by atoms with Gasteiger partial charge in [-0.2, -0.15) is 0 Å². The smallest absolute Gasteiger partial charge is 0.128 e. The summed E-state index contributed by atoms with van der Waals surface area (Å²) in [5, 5.41) is 7.74. The van der Waals surface area contributed by atoms with E-state index < -0.39 is 0 Å². The number of benzene rings is 1. The molecule has 0 radical (unpaired) electrons. The van der Waals surface area contributed by atoms with Crippen LogP contribution >= 0.6 is 0 Å². The van der Waals surface area contributed by atoms with Crippen molar-refractivity contribution in [3.05, 3.63) is 35.4 Å². The van der Waals surface area contributed by atoms with Crippen molar-refractivity contribution < 1.29 is 4.74 Å². The molecular formula is C15H21NO. The second kappa shape index (κ2) is 6.24. The Bertz CT molecular complexity index is 433. The first kappa shape index (κ1) is 13.5. The first-order valence-corrected chi connectivity index (χ1v) is 6.05. The van der Waals surface area contributed by atoms with Crippen LogP contribution in [-0.2, 0) is 0 Å². The minimum absolute atomic E-state index is 0.542. The second-order valence-electron chi connectivity index (χ2n) is 4.16. The number of allylic oxidation sites excluding steroid dienone is 2. The highest BCUT2D eigenvalue weighted by Crippen LogP contribution is 2.25. The molecule has 0 saturated heterocycles. The summed E-state index contributed by atoms with van der Waals surface area (Å²) >= 11 is 0. The standard InChI is InChI=1S/C15H21NO/c1-5-9-17-15-10-13(11(3)6-2)7-8-14(15)12(4)16/h6-8,10,16H,5,9H2,1-4H3. The fourth-order valence-corrected chi connectivity index (χ4v) is 1.58. The van der Waals surface area contributed by atoms with Gasteiger partial charge in [0.1, 0.15) is 5.75 Å². The molecule has 0 atom stereocenters. The molecule has 0 bridgehead atoms. The van der Waals surface area contributed by atoms with Gasteiger partial charge in [-0.05, 0) is 50.5 Å². The van der Waals surface area contributed by atoms with Gasteiger partial charge in [-0.3, -0.25) is 0 Å². The summed E-state index contributed by atoms with van der Waals surface area (Å²) in [7, 11) is 0. The predicted molar refractivity (Wildman–Crippen MR) is 74.1 cm³/mol. The minimum atomic E-state index is 0.542. The number of ether oxygens (including phenoxy) is 1. The molecule has 0 amide bonds. The fourth-order valence-electron chi connectivity index (χ4n) is 1.58. The molecule has 0 fully saturated rings. The molecule has 1 N–H and O–H groups in total. The lowest BCUT2D eigenvalue weighted by Crippen LogP contribution is -2.02. The van der Waals surface area contributed by atoms with E-state index in [1.165, 1.54) is 5.57 Å². The predicted octanol–water partition coefficient (Wildman–Crippen LogP) is 4.29. The monoisotopic (exact) mass is 231 g/mol. The molecule has 0 aromatic heterocycles. The largest absolute Gasteiger partial charge is 0.493 e. The van der Waals surface area contributed by atoms with E-state index >= 15 is 0 Å². The van der Waals surface area contributed by atoms with Gasteiger partial charge >= 0.3 is 0 Å². The van der Waals surface area contributed by atoms with E-state index in [-0.39, 0.29) is 0 Å². The van der Waals surface area contributed by atoms with E-state index in [1.807, 2.05) is 25.1 Å². The van der Waals surface area contributed by atoms with Crippen molar-refractivity contribution in [1.82, 2.24) is 0 Å². The van der Waals surface area contributed by atoms with Gasteiger partial charge in [-0.25, -0.2) is 0 Å². The molecule has 0 aliphatic carbocycles.